The van der Waals surface area contributed by atoms with Crippen LogP contribution < -0.4 is 0 Å². The summed E-state index contributed by atoms with van der Waals surface area (Å²) in [4.78, 5) is -1.13. The highest BCUT2D eigenvalue weighted by atomic mass is 79.9. The second-order valence-electron chi connectivity index (χ2n) is 2.50. The van der Waals surface area contributed by atoms with E-state index in [-0.39, 0.29) is 0 Å². The van der Waals surface area contributed by atoms with E-state index in [1.807, 2.05) is 0 Å². The molecule has 0 spiro atoms. The molecule has 0 aliphatic rings. The van der Waals surface area contributed by atoms with Crippen molar-refractivity contribution in [3.8, 4) is 0 Å². The van der Waals surface area contributed by atoms with Gasteiger partial charge in [-0.25, -0.2) is 12.8 Å². The van der Waals surface area contributed by atoms with Gasteiger partial charge >= 0.3 is 5.51 Å². The molecule has 0 aromatic heterocycles. The molecule has 0 aliphatic heterocycles. The number of sulfone groups is 1. The molecule has 0 atom stereocenters. The predicted octanol–water partition coefficient (Wildman–Crippen LogP) is 2.88. The molecule has 0 unspecified atom stereocenters. The first-order valence-corrected chi connectivity index (χ1v) is 5.71. The number of alkyl halides is 3. The van der Waals surface area contributed by atoms with Crippen molar-refractivity contribution in [2.24, 2.45) is 0 Å². The molecular weight excluding hydrogens is 304 g/mol. The molecule has 0 saturated heterocycles. The molecule has 0 heterocycles. The molecule has 1 aromatic carbocycles. The molecule has 0 aliphatic carbocycles. The monoisotopic (exact) mass is 306 g/mol. The average Bonchev–Trinajstić information content (AvgIpc) is 2.07. The number of halogens is 5. The zero-order valence-corrected chi connectivity index (χ0v) is 9.25. The van der Waals surface area contributed by atoms with Gasteiger partial charge in [0.25, 0.3) is 9.84 Å². The minimum Gasteiger partial charge on any atom is -0.214 e. The quantitative estimate of drug-likeness (QED) is 0.748. The van der Waals surface area contributed by atoms with Crippen molar-refractivity contribution >= 4 is 25.8 Å². The fourth-order valence-corrected chi connectivity index (χ4v) is 2.56. The SMILES string of the molecule is O=S(=O)(c1cccc(F)c1Br)C(F)(F)F. The molecule has 1 aromatic rings. The van der Waals surface area contributed by atoms with Crippen LogP contribution in [0.3, 0.4) is 0 Å². The summed E-state index contributed by atoms with van der Waals surface area (Å²) in [7, 11) is -5.52. The lowest BCUT2D eigenvalue weighted by Gasteiger charge is -2.09. The summed E-state index contributed by atoms with van der Waals surface area (Å²) in [5.41, 5.74) is -5.44. The maximum atomic E-state index is 12.8. The van der Waals surface area contributed by atoms with Gasteiger partial charge in [-0.1, -0.05) is 6.07 Å². The molecule has 0 bridgehead atoms. The van der Waals surface area contributed by atoms with Crippen LogP contribution >= 0.6 is 15.9 Å². The molecule has 15 heavy (non-hydrogen) atoms. The van der Waals surface area contributed by atoms with Crippen LogP contribution in [0.1, 0.15) is 0 Å². The number of benzene rings is 1. The van der Waals surface area contributed by atoms with Crippen LogP contribution in [-0.2, 0) is 9.84 Å². The molecule has 1 rings (SSSR count). The van der Waals surface area contributed by atoms with Crippen LogP contribution in [0.5, 0.6) is 0 Å². The van der Waals surface area contributed by atoms with Crippen LogP contribution in [0.4, 0.5) is 17.6 Å². The van der Waals surface area contributed by atoms with E-state index in [0.29, 0.717) is 6.07 Å². The summed E-state index contributed by atoms with van der Waals surface area (Å²) in [6, 6.07) is 2.41. The maximum absolute atomic E-state index is 12.8. The maximum Gasteiger partial charge on any atom is 0.501 e. The molecular formula is C7H3BrF4O2S. The number of hydrogen-bond donors (Lipinski definition) is 0. The number of hydrogen-bond acceptors (Lipinski definition) is 2. The van der Waals surface area contributed by atoms with E-state index in [2.05, 4.69) is 15.9 Å². The highest BCUT2D eigenvalue weighted by molar-refractivity contribution is 9.10. The van der Waals surface area contributed by atoms with E-state index in [1.54, 1.807) is 0 Å². The molecule has 0 radical (unpaired) electrons. The molecule has 84 valence electrons. The first-order chi connectivity index (χ1) is 6.68. The Morgan fingerprint density at radius 3 is 2.20 bits per heavy atom. The van der Waals surface area contributed by atoms with Gasteiger partial charge in [-0.05, 0) is 28.1 Å². The minimum atomic E-state index is -5.52. The van der Waals surface area contributed by atoms with E-state index in [0.717, 1.165) is 12.1 Å². The first-order valence-electron chi connectivity index (χ1n) is 3.43. The second-order valence-corrected chi connectivity index (χ2v) is 5.20. The highest BCUT2D eigenvalue weighted by Crippen LogP contribution is 2.35. The van der Waals surface area contributed by atoms with Crippen molar-refractivity contribution in [1.82, 2.24) is 0 Å². The molecule has 2 nitrogen and oxygen atoms in total. The van der Waals surface area contributed by atoms with Crippen LogP contribution in [0.2, 0.25) is 0 Å². The van der Waals surface area contributed by atoms with Gasteiger partial charge in [0, 0.05) is 0 Å². The van der Waals surface area contributed by atoms with E-state index >= 15 is 0 Å². The average molecular weight is 307 g/mol. The summed E-state index contributed by atoms with van der Waals surface area (Å²) in [5, 5.41) is 0. The Hall–Kier alpha value is -0.630. The molecule has 0 saturated carbocycles. The van der Waals surface area contributed by atoms with Crippen molar-refractivity contribution in [1.29, 1.82) is 0 Å². The normalized spacial score (nSPS) is 12.9. The summed E-state index contributed by atoms with van der Waals surface area (Å²) in [6.45, 7) is 0. The third kappa shape index (κ3) is 2.15. The van der Waals surface area contributed by atoms with E-state index in [1.165, 1.54) is 0 Å². The minimum absolute atomic E-state index is 0.677. The lowest BCUT2D eigenvalue weighted by atomic mass is 10.3. The zero-order chi connectivity index (χ0) is 11.9. The van der Waals surface area contributed by atoms with E-state index < -0.39 is 30.5 Å². The fraction of sp³-hybridized carbons (Fsp3) is 0.143. The summed E-state index contributed by atoms with van der Waals surface area (Å²) < 4.78 is 70.2. The van der Waals surface area contributed by atoms with Gasteiger partial charge in [0.1, 0.15) is 5.82 Å². The standard InChI is InChI=1S/C7H3BrF4O2S/c8-6-4(9)2-1-3-5(6)15(13,14)7(10,11)12/h1-3H. The van der Waals surface area contributed by atoms with Crippen LogP contribution in [0.25, 0.3) is 0 Å². The third-order valence-electron chi connectivity index (χ3n) is 1.51. The number of rotatable bonds is 1. The Kier molecular flexibility index (Phi) is 3.11. The zero-order valence-electron chi connectivity index (χ0n) is 6.85. The molecule has 0 N–H and O–H groups in total. The van der Waals surface area contributed by atoms with Gasteiger partial charge in [-0.3, -0.25) is 0 Å². The third-order valence-corrected chi connectivity index (χ3v) is 4.11. The van der Waals surface area contributed by atoms with Gasteiger partial charge in [0.2, 0.25) is 0 Å². The highest BCUT2D eigenvalue weighted by Gasteiger charge is 2.48. The largest absolute Gasteiger partial charge is 0.501 e. The Morgan fingerprint density at radius 1 is 1.20 bits per heavy atom. The van der Waals surface area contributed by atoms with Crippen LogP contribution in [0, 0.1) is 5.82 Å². The van der Waals surface area contributed by atoms with Gasteiger partial charge in [0.15, 0.2) is 0 Å². The Balaban J connectivity index is 3.49. The first kappa shape index (κ1) is 12.4. The second kappa shape index (κ2) is 3.75. The predicted molar refractivity (Wildman–Crippen MR) is 47.3 cm³/mol. The van der Waals surface area contributed by atoms with Gasteiger partial charge in [-0.2, -0.15) is 13.2 Å². The Bertz CT molecular complexity index is 480. The Morgan fingerprint density at radius 2 is 1.73 bits per heavy atom. The smallest absolute Gasteiger partial charge is 0.214 e. The topological polar surface area (TPSA) is 34.1 Å². The van der Waals surface area contributed by atoms with Gasteiger partial charge in [-0.15, -0.1) is 0 Å². The van der Waals surface area contributed by atoms with Crippen molar-refractivity contribution in [2.75, 3.05) is 0 Å². The van der Waals surface area contributed by atoms with Crippen molar-refractivity contribution in [3.63, 3.8) is 0 Å². The van der Waals surface area contributed by atoms with Crippen molar-refractivity contribution in [2.45, 2.75) is 10.4 Å². The van der Waals surface area contributed by atoms with Gasteiger partial charge < -0.3 is 0 Å². The molecule has 0 fully saturated rings. The Labute approximate surface area is 91.0 Å². The lowest BCUT2D eigenvalue weighted by molar-refractivity contribution is -0.0436. The summed E-state index contributed by atoms with van der Waals surface area (Å²) in [6.07, 6.45) is 0. The molecule has 8 heteroatoms. The van der Waals surface area contributed by atoms with E-state index in [4.69, 9.17) is 0 Å². The lowest BCUT2D eigenvalue weighted by Crippen LogP contribution is -2.23. The van der Waals surface area contributed by atoms with Crippen molar-refractivity contribution in [3.05, 3.63) is 28.5 Å². The van der Waals surface area contributed by atoms with Crippen molar-refractivity contribution < 1.29 is 26.0 Å². The molecule has 0 amide bonds. The summed E-state index contributed by atoms with van der Waals surface area (Å²) in [5.74, 6) is -1.07. The van der Waals surface area contributed by atoms with Crippen LogP contribution in [0.15, 0.2) is 27.6 Å². The van der Waals surface area contributed by atoms with Gasteiger partial charge in [0.05, 0.1) is 9.37 Å². The van der Waals surface area contributed by atoms with Crippen LogP contribution in [-0.4, -0.2) is 13.9 Å². The fourth-order valence-electron chi connectivity index (χ4n) is 0.816. The summed E-state index contributed by atoms with van der Waals surface area (Å²) >= 11 is 2.45. The van der Waals surface area contributed by atoms with E-state index in [9.17, 15) is 26.0 Å².